The number of nitrogens with zero attached hydrogens (tertiary/aromatic N) is 4. The zero-order valence-corrected chi connectivity index (χ0v) is 19.8. The van der Waals surface area contributed by atoms with Gasteiger partial charge in [-0.2, -0.15) is 0 Å². The quantitative estimate of drug-likeness (QED) is 0.390. The molecule has 1 saturated heterocycles. The van der Waals surface area contributed by atoms with Crippen LogP contribution in [-0.2, 0) is 4.79 Å². The van der Waals surface area contributed by atoms with Crippen LogP contribution in [0.2, 0.25) is 0 Å². The number of rotatable bonds is 5. The molecule has 0 N–H and O–H groups in total. The zero-order valence-electron chi connectivity index (χ0n) is 19.8. The van der Waals surface area contributed by atoms with Crippen molar-refractivity contribution >= 4 is 11.4 Å². The van der Waals surface area contributed by atoms with E-state index in [4.69, 9.17) is 14.5 Å². The van der Waals surface area contributed by atoms with Gasteiger partial charge in [0.1, 0.15) is 23.1 Å². The Kier molecular flexibility index (Phi) is 6.36. The van der Waals surface area contributed by atoms with Crippen LogP contribution in [0.25, 0.3) is 16.8 Å². The number of likely N-dealkylation sites (tertiary alicyclic amines) is 1. The molecule has 35 heavy (non-hydrogen) atoms. The Morgan fingerprint density at radius 2 is 1.94 bits per heavy atom. The van der Waals surface area contributed by atoms with Gasteiger partial charge in [-0.25, -0.2) is 4.98 Å². The first-order valence-electron chi connectivity index (χ1n) is 11.6. The predicted octanol–water partition coefficient (Wildman–Crippen LogP) is 4.93. The highest BCUT2D eigenvalue weighted by Gasteiger charge is 2.28. The standard InChI is InChI=1S/C28H26N4O3/c1-3-6-26(33)31-15-5-7-21(19-31)28-30-27(25-18-29-14-16-32(25)28)20-10-12-22(13-11-20)35-24-9-4-8-23(17-24)34-2/h4,8-14,16-18,21H,5,7,15,19H2,1-2H3. The number of aromatic nitrogens is 3. The Morgan fingerprint density at radius 3 is 2.74 bits per heavy atom. The van der Waals surface area contributed by atoms with Gasteiger partial charge in [-0.1, -0.05) is 12.0 Å². The van der Waals surface area contributed by atoms with Crippen LogP contribution in [0.15, 0.2) is 67.1 Å². The second-order valence-electron chi connectivity index (χ2n) is 8.42. The monoisotopic (exact) mass is 466 g/mol. The lowest BCUT2D eigenvalue weighted by Gasteiger charge is -2.30. The van der Waals surface area contributed by atoms with Gasteiger partial charge < -0.3 is 14.4 Å². The van der Waals surface area contributed by atoms with Crippen LogP contribution in [0.1, 0.15) is 31.5 Å². The molecular weight excluding hydrogens is 440 g/mol. The highest BCUT2D eigenvalue weighted by Crippen LogP contribution is 2.33. The van der Waals surface area contributed by atoms with Gasteiger partial charge in [-0.15, -0.1) is 0 Å². The summed E-state index contributed by atoms with van der Waals surface area (Å²) < 4.78 is 13.3. The third-order valence-corrected chi connectivity index (χ3v) is 6.18. The van der Waals surface area contributed by atoms with Gasteiger partial charge >= 0.3 is 0 Å². The number of piperidine rings is 1. The number of amides is 1. The lowest BCUT2D eigenvalue weighted by Crippen LogP contribution is -2.38. The Morgan fingerprint density at radius 1 is 1.11 bits per heavy atom. The molecule has 0 aliphatic carbocycles. The molecule has 0 saturated carbocycles. The minimum Gasteiger partial charge on any atom is -0.497 e. The molecule has 1 fully saturated rings. The summed E-state index contributed by atoms with van der Waals surface area (Å²) in [6.45, 7) is 3.03. The fourth-order valence-electron chi connectivity index (χ4n) is 4.50. The van der Waals surface area contributed by atoms with Crippen LogP contribution in [0, 0.1) is 11.8 Å². The van der Waals surface area contributed by atoms with Gasteiger partial charge in [0.15, 0.2) is 0 Å². The van der Waals surface area contributed by atoms with E-state index < -0.39 is 0 Å². The van der Waals surface area contributed by atoms with Gasteiger partial charge in [0.25, 0.3) is 5.91 Å². The van der Waals surface area contributed by atoms with E-state index in [1.54, 1.807) is 20.2 Å². The van der Waals surface area contributed by atoms with E-state index in [1.165, 1.54) is 0 Å². The van der Waals surface area contributed by atoms with Crippen LogP contribution < -0.4 is 9.47 Å². The summed E-state index contributed by atoms with van der Waals surface area (Å²) in [5.74, 6) is 8.51. The molecule has 2 aromatic carbocycles. The maximum Gasteiger partial charge on any atom is 0.298 e. The lowest BCUT2D eigenvalue weighted by molar-refractivity contribution is -0.126. The molecule has 0 bridgehead atoms. The number of benzene rings is 2. The van der Waals surface area contributed by atoms with Crippen molar-refractivity contribution in [3.63, 3.8) is 0 Å². The normalized spacial score (nSPS) is 15.4. The number of hydrogen-bond acceptors (Lipinski definition) is 5. The smallest absolute Gasteiger partial charge is 0.298 e. The van der Waals surface area contributed by atoms with Crippen molar-refractivity contribution in [2.24, 2.45) is 0 Å². The summed E-state index contributed by atoms with van der Waals surface area (Å²) >= 11 is 0. The van der Waals surface area contributed by atoms with Gasteiger partial charge in [-0.3, -0.25) is 14.2 Å². The molecule has 1 atom stereocenters. The molecule has 0 spiro atoms. The van der Waals surface area contributed by atoms with Crippen molar-refractivity contribution in [3.05, 3.63) is 72.9 Å². The van der Waals surface area contributed by atoms with Crippen molar-refractivity contribution < 1.29 is 14.3 Å². The Balaban J connectivity index is 1.43. The van der Waals surface area contributed by atoms with E-state index >= 15 is 0 Å². The van der Waals surface area contributed by atoms with Gasteiger partial charge in [-0.05, 0) is 62.1 Å². The summed E-state index contributed by atoms with van der Waals surface area (Å²) in [5.41, 5.74) is 2.76. The first kappa shape index (κ1) is 22.5. The summed E-state index contributed by atoms with van der Waals surface area (Å²) in [6.07, 6.45) is 7.43. The van der Waals surface area contributed by atoms with Crippen LogP contribution in [0.3, 0.4) is 0 Å². The highest BCUT2D eigenvalue weighted by atomic mass is 16.5. The molecule has 1 aliphatic heterocycles. The third kappa shape index (κ3) is 4.69. The molecule has 0 radical (unpaired) electrons. The molecular formula is C28H26N4O3. The maximum atomic E-state index is 12.4. The van der Waals surface area contributed by atoms with Crippen molar-refractivity contribution in [3.8, 4) is 40.3 Å². The van der Waals surface area contributed by atoms with Crippen LogP contribution in [-0.4, -0.2) is 45.4 Å². The average Bonchev–Trinajstić information content (AvgIpc) is 3.29. The predicted molar refractivity (Wildman–Crippen MR) is 133 cm³/mol. The van der Waals surface area contributed by atoms with Gasteiger partial charge in [0, 0.05) is 43.0 Å². The zero-order chi connectivity index (χ0) is 24.2. The number of ether oxygens (including phenoxy) is 2. The molecule has 176 valence electrons. The van der Waals surface area contributed by atoms with Crippen molar-refractivity contribution in [1.29, 1.82) is 0 Å². The molecule has 7 heteroatoms. The third-order valence-electron chi connectivity index (χ3n) is 6.18. The van der Waals surface area contributed by atoms with E-state index in [-0.39, 0.29) is 11.8 Å². The maximum absolute atomic E-state index is 12.4. The minimum absolute atomic E-state index is 0.119. The summed E-state index contributed by atoms with van der Waals surface area (Å²) in [4.78, 5) is 23.6. The van der Waals surface area contributed by atoms with Crippen LogP contribution >= 0.6 is 0 Å². The molecule has 3 heterocycles. The summed E-state index contributed by atoms with van der Waals surface area (Å²) in [7, 11) is 1.63. The summed E-state index contributed by atoms with van der Waals surface area (Å²) in [6, 6.07) is 15.4. The van der Waals surface area contributed by atoms with Gasteiger partial charge in [0.05, 0.1) is 24.5 Å². The number of hydrogen-bond donors (Lipinski definition) is 0. The second-order valence-corrected chi connectivity index (χ2v) is 8.42. The summed E-state index contributed by atoms with van der Waals surface area (Å²) in [5, 5.41) is 0. The van der Waals surface area contributed by atoms with E-state index in [0.29, 0.717) is 12.3 Å². The lowest BCUT2D eigenvalue weighted by atomic mass is 9.97. The topological polar surface area (TPSA) is 69.0 Å². The average molecular weight is 467 g/mol. The Labute approximate surface area is 204 Å². The molecule has 5 rings (SSSR count). The molecule has 7 nitrogen and oxygen atoms in total. The van der Waals surface area contributed by atoms with E-state index in [1.807, 2.05) is 65.8 Å². The SMILES string of the molecule is CC#CC(=O)N1CCCC(c2nc(-c3ccc(Oc4cccc(OC)c4)cc3)c3cnccn23)C1. The van der Waals surface area contributed by atoms with Gasteiger partial charge in [0.2, 0.25) is 0 Å². The number of carbonyl (C=O) groups is 1. The molecule has 1 aliphatic rings. The second kappa shape index (κ2) is 9.90. The number of methoxy groups -OCH3 is 1. The first-order chi connectivity index (χ1) is 17.2. The van der Waals surface area contributed by atoms with Crippen molar-refractivity contribution in [2.45, 2.75) is 25.7 Å². The Bertz CT molecular complexity index is 1420. The largest absolute Gasteiger partial charge is 0.497 e. The minimum atomic E-state index is -0.119. The number of imidazole rings is 1. The van der Waals surface area contributed by atoms with Crippen LogP contribution in [0.4, 0.5) is 0 Å². The fraction of sp³-hybridized carbons (Fsp3) is 0.250. The fourth-order valence-corrected chi connectivity index (χ4v) is 4.50. The highest BCUT2D eigenvalue weighted by molar-refractivity contribution is 5.93. The van der Waals surface area contributed by atoms with E-state index in [2.05, 4.69) is 21.2 Å². The number of fused-ring (bicyclic) bond motifs is 1. The first-order valence-corrected chi connectivity index (χ1v) is 11.6. The van der Waals surface area contributed by atoms with Crippen molar-refractivity contribution in [1.82, 2.24) is 19.3 Å². The van der Waals surface area contributed by atoms with E-state index in [0.717, 1.165) is 53.5 Å². The molecule has 1 unspecified atom stereocenters. The van der Waals surface area contributed by atoms with Crippen LogP contribution in [0.5, 0.6) is 17.2 Å². The van der Waals surface area contributed by atoms with E-state index in [9.17, 15) is 4.79 Å². The molecule has 2 aromatic heterocycles. The molecule has 4 aromatic rings. The van der Waals surface area contributed by atoms with Crippen molar-refractivity contribution in [2.75, 3.05) is 20.2 Å². The Hall–Kier alpha value is -4.31. The molecule has 1 amide bonds. The number of carbonyl (C=O) groups excluding carboxylic acids is 1.